The van der Waals surface area contributed by atoms with Crippen LogP contribution in [-0.2, 0) is 20.8 Å². The second-order valence-electron chi connectivity index (χ2n) is 10.5. The molecule has 1 aliphatic rings. The number of anilines is 1. The van der Waals surface area contributed by atoms with Crippen LogP contribution in [0.25, 0.3) is 10.8 Å². The third-order valence-corrected chi connectivity index (χ3v) is 6.19. The van der Waals surface area contributed by atoms with Crippen molar-refractivity contribution in [3.8, 4) is 5.75 Å². The van der Waals surface area contributed by atoms with Crippen LogP contribution in [0.5, 0.6) is 5.75 Å². The zero-order valence-electron chi connectivity index (χ0n) is 22.7. The van der Waals surface area contributed by atoms with E-state index in [-0.39, 0.29) is 12.4 Å². The van der Waals surface area contributed by atoms with Gasteiger partial charge in [0.25, 0.3) is 0 Å². The fourth-order valence-electron chi connectivity index (χ4n) is 4.31. The molecule has 0 aromatic heterocycles. The van der Waals surface area contributed by atoms with Crippen LogP contribution < -0.4 is 9.64 Å². The molecule has 0 N–H and O–H groups in total. The molecule has 4 rings (SSSR count). The van der Waals surface area contributed by atoms with Crippen molar-refractivity contribution in [2.24, 2.45) is 0 Å². The van der Waals surface area contributed by atoms with Crippen molar-refractivity contribution in [3.05, 3.63) is 84.6 Å². The Morgan fingerprint density at radius 2 is 1.84 bits per heavy atom. The summed E-state index contributed by atoms with van der Waals surface area (Å²) in [5, 5.41) is 2.00. The summed E-state index contributed by atoms with van der Waals surface area (Å²) in [5.74, 6) is 0.733. The van der Waals surface area contributed by atoms with Gasteiger partial charge in [0, 0.05) is 24.4 Å². The molecule has 1 atom stereocenters. The Kier molecular flexibility index (Phi) is 9.66. The molecule has 202 valence electrons. The van der Waals surface area contributed by atoms with E-state index in [9.17, 15) is 4.79 Å². The highest BCUT2D eigenvalue weighted by Crippen LogP contribution is 2.33. The summed E-state index contributed by atoms with van der Waals surface area (Å²) < 4.78 is 23.3. The van der Waals surface area contributed by atoms with Crippen LogP contribution >= 0.6 is 0 Å². The highest BCUT2D eigenvalue weighted by Gasteiger charge is 2.24. The smallest absolute Gasteiger partial charge is 0.414 e. The van der Waals surface area contributed by atoms with Gasteiger partial charge in [-0.2, -0.15) is 0 Å². The number of carbonyl (C=O) groups excluding carboxylic acids is 1. The molecule has 1 amide bonds. The summed E-state index contributed by atoms with van der Waals surface area (Å²) in [5.41, 5.74) is 1.22. The number of hydrogen-bond acceptors (Lipinski definition) is 5. The summed E-state index contributed by atoms with van der Waals surface area (Å²) >= 11 is 0. The first kappa shape index (κ1) is 27.5. The Balaban J connectivity index is 1.50. The van der Waals surface area contributed by atoms with E-state index < -0.39 is 5.60 Å². The lowest BCUT2D eigenvalue weighted by atomic mass is 10.1. The fraction of sp³-hybridized carbons (Fsp3) is 0.406. The van der Waals surface area contributed by atoms with E-state index in [1.165, 1.54) is 0 Å². The van der Waals surface area contributed by atoms with Crippen molar-refractivity contribution < 1.29 is 23.7 Å². The fourth-order valence-corrected chi connectivity index (χ4v) is 4.31. The van der Waals surface area contributed by atoms with Gasteiger partial charge >= 0.3 is 6.09 Å². The van der Waals surface area contributed by atoms with Crippen molar-refractivity contribution in [2.75, 3.05) is 18.1 Å². The van der Waals surface area contributed by atoms with Gasteiger partial charge < -0.3 is 18.9 Å². The van der Waals surface area contributed by atoms with Crippen LogP contribution in [0, 0.1) is 0 Å². The maximum absolute atomic E-state index is 13.3. The topological polar surface area (TPSA) is 57.2 Å². The Morgan fingerprint density at radius 1 is 1.05 bits per heavy atom. The second kappa shape index (κ2) is 13.3. The average Bonchev–Trinajstić information content (AvgIpc) is 2.91. The van der Waals surface area contributed by atoms with Crippen LogP contribution in [0.3, 0.4) is 0 Å². The highest BCUT2D eigenvalue weighted by atomic mass is 16.7. The summed E-state index contributed by atoms with van der Waals surface area (Å²) in [6, 6.07) is 22.1. The van der Waals surface area contributed by atoms with Crippen molar-refractivity contribution in [1.29, 1.82) is 0 Å². The molecule has 0 radical (unpaired) electrons. The Labute approximate surface area is 226 Å². The standard InChI is InChI=1S/C32H39NO5/c1-32(2,3)38-31(34)33(19-11-5-12-20-35-30-18-10-13-21-36-30)27-22-26-16-8-9-17-28(26)29(23-27)37-24-25-14-6-4-7-15-25/h4,6-9,12,14-17,20,22-23,30H,5,10-11,13,18-19,21,24H2,1-3H3/b20-12+. The number of nitrogens with zero attached hydrogens (tertiary/aromatic N) is 1. The predicted molar refractivity (Wildman–Crippen MR) is 151 cm³/mol. The molecule has 6 heteroatoms. The largest absolute Gasteiger partial charge is 0.488 e. The number of hydrogen-bond donors (Lipinski definition) is 0. The summed E-state index contributed by atoms with van der Waals surface area (Å²) in [6.45, 7) is 7.33. The quantitative estimate of drug-likeness (QED) is 0.201. The van der Waals surface area contributed by atoms with E-state index in [2.05, 4.69) is 0 Å². The van der Waals surface area contributed by atoms with Crippen molar-refractivity contribution >= 4 is 22.6 Å². The van der Waals surface area contributed by atoms with Crippen molar-refractivity contribution in [3.63, 3.8) is 0 Å². The molecule has 0 saturated carbocycles. The van der Waals surface area contributed by atoms with E-state index in [1.54, 1.807) is 11.2 Å². The van der Waals surface area contributed by atoms with Gasteiger partial charge in [0.05, 0.1) is 18.6 Å². The minimum absolute atomic E-state index is 0.148. The first-order valence-electron chi connectivity index (χ1n) is 13.5. The molecule has 1 aliphatic heterocycles. The van der Waals surface area contributed by atoms with E-state index >= 15 is 0 Å². The summed E-state index contributed by atoms with van der Waals surface area (Å²) in [7, 11) is 0. The lowest BCUT2D eigenvalue weighted by molar-refractivity contribution is -0.129. The molecule has 1 fully saturated rings. The molecule has 1 saturated heterocycles. The first-order chi connectivity index (χ1) is 18.4. The SMILES string of the molecule is CC(C)(C)OC(=O)N(CCC/C=C/OC1CCCCO1)c1cc(OCc2ccccc2)c2ccccc2c1. The zero-order chi connectivity index (χ0) is 26.8. The van der Waals surface area contributed by atoms with E-state index in [0.717, 1.165) is 66.5 Å². The molecule has 38 heavy (non-hydrogen) atoms. The summed E-state index contributed by atoms with van der Waals surface area (Å²) in [4.78, 5) is 15.0. The van der Waals surface area contributed by atoms with E-state index in [1.807, 2.05) is 93.6 Å². The highest BCUT2D eigenvalue weighted by molar-refractivity contribution is 5.96. The van der Waals surface area contributed by atoms with E-state index in [4.69, 9.17) is 18.9 Å². The van der Waals surface area contributed by atoms with Crippen LogP contribution in [0.1, 0.15) is 58.4 Å². The van der Waals surface area contributed by atoms with Crippen LogP contribution in [0.15, 0.2) is 79.1 Å². The third kappa shape index (κ3) is 8.25. The number of unbranched alkanes of at least 4 members (excludes halogenated alkanes) is 1. The molecular weight excluding hydrogens is 478 g/mol. The number of ether oxygens (including phenoxy) is 4. The molecular formula is C32H39NO5. The molecule has 0 bridgehead atoms. The molecule has 0 spiro atoms. The molecule has 3 aromatic carbocycles. The van der Waals surface area contributed by atoms with Crippen molar-refractivity contribution in [1.82, 2.24) is 0 Å². The van der Waals surface area contributed by atoms with Gasteiger partial charge in [-0.15, -0.1) is 0 Å². The number of amides is 1. The third-order valence-electron chi connectivity index (χ3n) is 6.19. The van der Waals surface area contributed by atoms with Gasteiger partial charge in [-0.3, -0.25) is 4.90 Å². The zero-order valence-corrected chi connectivity index (χ0v) is 22.7. The normalized spacial score (nSPS) is 15.9. The van der Waals surface area contributed by atoms with Gasteiger partial charge in [-0.25, -0.2) is 4.79 Å². The predicted octanol–water partition coefficient (Wildman–Crippen LogP) is 8.00. The van der Waals surface area contributed by atoms with Crippen LogP contribution in [0.4, 0.5) is 10.5 Å². The minimum Gasteiger partial charge on any atom is -0.488 e. The lowest BCUT2D eigenvalue weighted by Crippen LogP contribution is -2.37. The maximum Gasteiger partial charge on any atom is 0.414 e. The van der Waals surface area contributed by atoms with Crippen molar-refractivity contribution in [2.45, 2.75) is 71.4 Å². The molecule has 0 aliphatic carbocycles. The second-order valence-corrected chi connectivity index (χ2v) is 10.5. The number of benzene rings is 3. The van der Waals surface area contributed by atoms with Crippen LogP contribution in [-0.4, -0.2) is 31.1 Å². The number of fused-ring (bicyclic) bond motifs is 1. The Hall–Kier alpha value is -3.51. The average molecular weight is 518 g/mol. The Bertz CT molecular complexity index is 1200. The molecule has 6 nitrogen and oxygen atoms in total. The molecule has 1 heterocycles. The Morgan fingerprint density at radius 3 is 2.61 bits per heavy atom. The maximum atomic E-state index is 13.3. The summed E-state index contributed by atoms with van der Waals surface area (Å²) in [6.07, 6.45) is 7.84. The number of allylic oxidation sites excluding steroid dienone is 1. The van der Waals surface area contributed by atoms with Gasteiger partial charge in [0.2, 0.25) is 0 Å². The van der Waals surface area contributed by atoms with Gasteiger partial charge in [0.1, 0.15) is 18.0 Å². The lowest BCUT2D eigenvalue weighted by Gasteiger charge is -2.28. The van der Waals surface area contributed by atoms with E-state index in [0.29, 0.717) is 13.2 Å². The number of rotatable bonds is 10. The molecule has 1 unspecified atom stereocenters. The first-order valence-corrected chi connectivity index (χ1v) is 13.5. The minimum atomic E-state index is -0.605. The van der Waals surface area contributed by atoms with Gasteiger partial charge in [0.15, 0.2) is 6.29 Å². The van der Waals surface area contributed by atoms with Gasteiger partial charge in [-0.05, 0) is 69.5 Å². The monoisotopic (exact) mass is 517 g/mol. The van der Waals surface area contributed by atoms with Crippen LogP contribution in [0.2, 0.25) is 0 Å². The van der Waals surface area contributed by atoms with Gasteiger partial charge in [-0.1, -0.05) is 54.6 Å². The number of carbonyl (C=O) groups is 1. The molecule has 3 aromatic rings.